The monoisotopic (exact) mass is 442 g/mol. The summed E-state index contributed by atoms with van der Waals surface area (Å²) in [7, 11) is 0. The number of H-pyrrole nitrogens is 1. The number of aromatic amines is 1. The summed E-state index contributed by atoms with van der Waals surface area (Å²) in [6.07, 6.45) is 1.38. The van der Waals surface area contributed by atoms with E-state index >= 15 is 0 Å². The van der Waals surface area contributed by atoms with Gasteiger partial charge in [-0.3, -0.25) is 14.2 Å². The first-order valence-corrected chi connectivity index (χ1v) is 10.7. The second-order valence-corrected chi connectivity index (χ2v) is 7.98. The Kier molecular flexibility index (Phi) is 5.18. The largest absolute Gasteiger partial charge is 0.457 e. The molecule has 8 heteroatoms. The minimum atomic E-state index is -0.558. The first kappa shape index (κ1) is 20.6. The first-order chi connectivity index (χ1) is 16.0. The molecule has 2 amide bonds. The second kappa shape index (κ2) is 8.31. The Morgan fingerprint density at radius 3 is 2.55 bits per heavy atom. The summed E-state index contributed by atoms with van der Waals surface area (Å²) in [6.45, 7) is 1.10. The molecule has 1 aromatic heterocycles. The Labute approximate surface area is 189 Å². The minimum absolute atomic E-state index is 0.105. The van der Waals surface area contributed by atoms with Crippen molar-refractivity contribution in [3.8, 4) is 17.2 Å². The lowest BCUT2D eigenvalue weighted by Gasteiger charge is -2.19. The Hall–Kier alpha value is -4.33. The standard InChI is InChI=1S/C25H22N4O4/c26-24(31)16-7-8-17(15-28-13-3-6-23(28)30)22(14-16)33-19-11-9-18(10-12-19)29-21-5-2-1-4-20(21)27-25(29)32/h1-2,4-5,7-12,14H,3,6,13,15H2,(H2,26,31)(H,27,32). The van der Waals surface area contributed by atoms with Gasteiger partial charge in [0.25, 0.3) is 0 Å². The highest BCUT2D eigenvalue weighted by molar-refractivity contribution is 5.93. The summed E-state index contributed by atoms with van der Waals surface area (Å²) in [4.78, 5) is 40.8. The molecule has 1 aliphatic rings. The van der Waals surface area contributed by atoms with E-state index < -0.39 is 5.91 Å². The number of amides is 2. The molecule has 1 fully saturated rings. The van der Waals surface area contributed by atoms with Crippen LogP contribution in [0.15, 0.2) is 71.5 Å². The highest BCUT2D eigenvalue weighted by atomic mass is 16.5. The Morgan fingerprint density at radius 2 is 1.82 bits per heavy atom. The number of likely N-dealkylation sites (tertiary alicyclic amines) is 1. The van der Waals surface area contributed by atoms with Gasteiger partial charge in [-0.15, -0.1) is 0 Å². The molecule has 0 aliphatic carbocycles. The van der Waals surface area contributed by atoms with Crippen molar-refractivity contribution in [2.45, 2.75) is 19.4 Å². The van der Waals surface area contributed by atoms with E-state index in [-0.39, 0.29) is 11.6 Å². The first-order valence-electron chi connectivity index (χ1n) is 10.7. The molecular weight excluding hydrogens is 420 g/mol. The fourth-order valence-electron chi connectivity index (χ4n) is 4.11. The molecule has 4 aromatic rings. The van der Waals surface area contributed by atoms with Crippen LogP contribution in [0.5, 0.6) is 11.5 Å². The second-order valence-electron chi connectivity index (χ2n) is 7.98. The lowest BCUT2D eigenvalue weighted by atomic mass is 10.1. The number of aromatic nitrogens is 2. The number of nitrogens with one attached hydrogen (secondary N) is 1. The molecule has 0 bridgehead atoms. The van der Waals surface area contributed by atoms with Crippen molar-refractivity contribution >= 4 is 22.8 Å². The maximum atomic E-state index is 12.5. The van der Waals surface area contributed by atoms with Crippen molar-refractivity contribution in [2.75, 3.05) is 6.54 Å². The number of nitrogens with zero attached hydrogens (tertiary/aromatic N) is 2. The van der Waals surface area contributed by atoms with Gasteiger partial charge >= 0.3 is 5.69 Å². The Bertz CT molecular complexity index is 1420. The molecule has 2 heterocycles. The van der Waals surface area contributed by atoms with Gasteiger partial charge in [0.15, 0.2) is 0 Å². The Morgan fingerprint density at radius 1 is 1.03 bits per heavy atom. The quantitative estimate of drug-likeness (QED) is 0.477. The third-order valence-electron chi connectivity index (χ3n) is 5.80. The van der Waals surface area contributed by atoms with Crippen LogP contribution in [0.3, 0.4) is 0 Å². The zero-order chi connectivity index (χ0) is 22.9. The van der Waals surface area contributed by atoms with Crippen LogP contribution in [-0.4, -0.2) is 32.8 Å². The van der Waals surface area contributed by atoms with Crippen LogP contribution in [0, 0.1) is 0 Å². The topological polar surface area (TPSA) is 110 Å². The molecule has 0 spiro atoms. The molecule has 3 N–H and O–H groups in total. The van der Waals surface area contributed by atoms with Gasteiger partial charge in [-0.25, -0.2) is 4.79 Å². The molecule has 1 saturated heterocycles. The van der Waals surface area contributed by atoms with Gasteiger partial charge in [-0.1, -0.05) is 18.2 Å². The number of primary amides is 1. The van der Waals surface area contributed by atoms with Gasteiger partial charge in [-0.05, 0) is 55.0 Å². The zero-order valence-electron chi connectivity index (χ0n) is 17.8. The maximum Gasteiger partial charge on any atom is 0.331 e. The van der Waals surface area contributed by atoms with E-state index in [9.17, 15) is 14.4 Å². The predicted octanol–water partition coefficient (Wildman–Crippen LogP) is 3.33. The third kappa shape index (κ3) is 3.98. The molecule has 0 saturated carbocycles. The van der Waals surface area contributed by atoms with Crippen LogP contribution in [0.4, 0.5) is 0 Å². The van der Waals surface area contributed by atoms with E-state index in [4.69, 9.17) is 10.5 Å². The van der Waals surface area contributed by atoms with Gasteiger partial charge in [0.05, 0.1) is 16.7 Å². The van der Waals surface area contributed by atoms with Gasteiger partial charge in [-0.2, -0.15) is 0 Å². The number of carbonyl (C=O) groups is 2. The molecule has 0 atom stereocenters. The zero-order valence-corrected chi connectivity index (χ0v) is 17.8. The number of rotatable bonds is 6. The molecule has 8 nitrogen and oxygen atoms in total. The number of carbonyl (C=O) groups excluding carboxylic acids is 2. The van der Waals surface area contributed by atoms with Crippen LogP contribution >= 0.6 is 0 Å². The number of imidazole rings is 1. The van der Waals surface area contributed by atoms with Gasteiger partial charge in [0.2, 0.25) is 11.8 Å². The maximum absolute atomic E-state index is 12.5. The number of hydrogen-bond donors (Lipinski definition) is 2. The van der Waals surface area contributed by atoms with E-state index in [0.29, 0.717) is 42.3 Å². The van der Waals surface area contributed by atoms with E-state index in [2.05, 4.69) is 4.98 Å². The molecule has 166 valence electrons. The smallest absolute Gasteiger partial charge is 0.331 e. The number of nitrogens with two attached hydrogens (primary N) is 1. The number of ether oxygens (including phenoxy) is 1. The molecule has 33 heavy (non-hydrogen) atoms. The predicted molar refractivity (Wildman–Crippen MR) is 124 cm³/mol. The van der Waals surface area contributed by atoms with Crippen LogP contribution in [0.1, 0.15) is 28.8 Å². The molecule has 0 unspecified atom stereocenters. The summed E-state index contributed by atoms with van der Waals surface area (Å²) < 4.78 is 7.69. The normalized spacial score (nSPS) is 13.6. The highest BCUT2D eigenvalue weighted by Crippen LogP contribution is 2.30. The molecule has 5 rings (SSSR count). The van der Waals surface area contributed by atoms with Crippen molar-refractivity contribution in [2.24, 2.45) is 5.73 Å². The SMILES string of the molecule is NC(=O)c1ccc(CN2CCCC2=O)c(Oc2ccc(-n3c(=O)[nH]c4ccccc43)cc2)c1. The van der Waals surface area contributed by atoms with Gasteiger partial charge < -0.3 is 20.4 Å². The highest BCUT2D eigenvalue weighted by Gasteiger charge is 2.22. The minimum Gasteiger partial charge on any atom is -0.457 e. The average molecular weight is 442 g/mol. The summed E-state index contributed by atoms with van der Waals surface area (Å²) in [5.74, 6) is 0.538. The van der Waals surface area contributed by atoms with E-state index in [1.807, 2.05) is 24.3 Å². The number of hydrogen-bond acceptors (Lipinski definition) is 4. The van der Waals surface area contributed by atoms with E-state index in [1.165, 1.54) is 0 Å². The summed E-state index contributed by atoms with van der Waals surface area (Å²) in [6, 6.07) is 19.6. The van der Waals surface area contributed by atoms with Gasteiger partial charge in [0, 0.05) is 30.6 Å². The average Bonchev–Trinajstić information content (AvgIpc) is 3.37. The van der Waals surface area contributed by atoms with Crippen molar-refractivity contribution < 1.29 is 14.3 Å². The van der Waals surface area contributed by atoms with Crippen LogP contribution in [0.2, 0.25) is 0 Å². The number of fused-ring (bicyclic) bond motifs is 1. The third-order valence-corrected chi connectivity index (χ3v) is 5.80. The summed E-state index contributed by atoms with van der Waals surface area (Å²) in [5.41, 5.74) is 8.56. The van der Waals surface area contributed by atoms with Crippen molar-refractivity contribution in [3.05, 3.63) is 88.3 Å². The summed E-state index contributed by atoms with van der Waals surface area (Å²) >= 11 is 0. The molecule has 0 radical (unpaired) electrons. The molecular formula is C25H22N4O4. The lowest BCUT2D eigenvalue weighted by molar-refractivity contribution is -0.128. The van der Waals surface area contributed by atoms with E-state index in [1.54, 1.807) is 51.9 Å². The van der Waals surface area contributed by atoms with Crippen molar-refractivity contribution in [3.63, 3.8) is 0 Å². The van der Waals surface area contributed by atoms with E-state index in [0.717, 1.165) is 23.0 Å². The van der Waals surface area contributed by atoms with Crippen LogP contribution < -0.4 is 16.2 Å². The number of para-hydroxylation sites is 2. The molecule has 1 aliphatic heterocycles. The summed E-state index contributed by atoms with van der Waals surface area (Å²) in [5, 5.41) is 0. The van der Waals surface area contributed by atoms with Crippen LogP contribution in [0.25, 0.3) is 16.7 Å². The molecule has 3 aromatic carbocycles. The van der Waals surface area contributed by atoms with Crippen molar-refractivity contribution in [1.82, 2.24) is 14.5 Å². The Balaban J connectivity index is 1.45. The fraction of sp³-hybridized carbons (Fsp3) is 0.160. The van der Waals surface area contributed by atoms with Crippen LogP contribution in [-0.2, 0) is 11.3 Å². The lowest BCUT2D eigenvalue weighted by Crippen LogP contribution is -2.24. The van der Waals surface area contributed by atoms with Crippen molar-refractivity contribution in [1.29, 1.82) is 0 Å². The fourth-order valence-corrected chi connectivity index (χ4v) is 4.11. The van der Waals surface area contributed by atoms with Gasteiger partial charge in [0.1, 0.15) is 11.5 Å². The number of benzene rings is 3.